The van der Waals surface area contributed by atoms with Gasteiger partial charge in [0.25, 0.3) is 33.5 Å². The molecule has 0 spiro atoms. The van der Waals surface area contributed by atoms with E-state index in [1.165, 1.54) is 14.2 Å². The van der Waals surface area contributed by atoms with E-state index in [2.05, 4.69) is 6.07 Å². The first-order chi connectivity index (χ1) is 67.1. The summed E-state index contributed by atoms with van der Waals surface area (Å²) in [5.41, 5.74) is -2.18. The van der Waals surface area contributed by atoms with E-state index < -0.39 is 185 Å². The van der Waals surface area contributed by atoms with Gasteiger partial charge in [0.1, 0.15) is 29.3 Å². The number of alkyl halides is 18. The standard InChI is InChI=1S/C48H63F9N3O7P.C30H48F9N2O9P.C9H18O3.4CHNO/c1-35(2)60(36(3)4)68(66-31-13-29-58)67-42(32-64-34-44(24-10-27-45(49,50)51,25-11-28-46(52,53)54)26-12-30-59-43(61)48(55,56)57)33-65-47(37-14-8-7-9-15-37,38-16-20-40(62-5)21-17-38)39-18-22-41(63-6)23-19-39;1-2-25(43)47-18-5-3-4-6-19-48-51(45,49-20-10-16-40)50-24(21-42)22-46-23-27(11-7-14-28(31,32)33,12-8-15-29(34,35)36)13-9-17-41-26(44)30(37,38)39;1-2-9(11)12-8-6-4-3-5-7-10;4*2-1-3/h7-9,14-23,35-36,42H,10-13,24-28,30-34H2,1-6H3,(H,59,61);24,42H,2-15,17-23H2,1H3,(H,41,44);10H,2-8H2,1H3;4*3H. The van der Waals surface area contributed by atoms with Gasteiger partial charge >= 0.3 is 68.6 Å². The van der Waals surface area contributed by atoms with Crippen molar-refractivity contribution >= 4 is 40.1 Å². The summed E-state index contributed by atoms with van der Waals surface area (Å²) in [6.45, 7) is 7.50. The Morgan fingerprint density at radius 2 is 0.769 bits per heavy atom. The Labute approximate surface area is 822 Å². The molecule has 0 fully saturated rings. The number of unbranched alkanes of at least 4 members (excludes halogenated alkanes) is 6. The molecule has 3 aromatic carbocycles. The van der Waals surface area contributed by atoms with Crippen molar-refractivity contribution in [3.8, 4) is 48.7 Å². The quantitative estimate of drug-likeness (QED) is 0.00650. The number of ether oxygens (including phenoxy) is 7. The van der Waals surface area contributed by atoms with Gasteiger partial charge in [-0.1, -0.05) is 81.3 Å². The van der Waals surface area contributed by atoms with Crippen LogP contribution in [0.15, 0.2) is 78.9 Å². The molecule has 0 radical (unpaired) electrons. The second kappa shape index (κ2) is 78.6. The Kier molecular flexibility index (Phi) is 76.7. The lowest BCUT2D eigenvalue weighted by Crippen LogP contribution is -2.40. The molecule has 2 amide bonds. The van der Waals surface area contributed by atoms with E-state index in [1.54, 1.807) is 54.8 Å². The molecule has 52 heteroatoms. The molecule has 3 rings (SSSR count). The van der Waals surface area contributed by atoms with Crippen LogP contribution < -0.4 is 20.1 Å². The molecule has 0 aliphatic carbocycles. The van der Waals surface area contributed by atoms with Crippen LogP contribution in [0.1, 0.15) is 238 Å². The van der Waals surface area contributed by atoms with Crippen LogP contribution >= 0.6 is 16.3 Å². The number of carbonyl (C=O) groups is 4. The summed E-state index contributed by atoms with van der Waals surface area (Å²) in [7, 11) is -3.37. The Morgan fingerprint density at radius 1 is 0.434 bits per heavy atom. The molecule has 4 unspecified atom stereocenters. The number of carbonyl (C=O) groups excluding carboxylic acids is 4. The normalized spacial score (nSPS) is 12.7. The average molecular weight is 2130 g/mol. The predicted molar refractivity (Wildman–Crippen MR) is 479 cm³/mol. The number of phosphoric ester groups is 1. The lowest BCUT2D eigenvalue weighted by molar-refractivity contribution is -0.173. The highest BCUT2D eigenvalue weighted by Gasteiger charge is 2.45. The molecule has 32 nitrogen and oxygen atoms in total. The van der Waals surface area contributed by atoms with Gasteiger partial charge in [-0.15, -0.1) is 0 Å². The number of aliphatic hydroxyl groups excluding tert-OH is 6. The molecule has 816 valence electrons. The third-order valence-corrected chi connectivity index (χ3v) is 23.6. The van der Waals surface area contributed by atoms with Crippen LogP contribution in [0.25, 0.3) is 0 Å². The lowest BCUT2D eigenvalue weighted by Gasteiger charge is -2.40. The molecule has 0 aromatic heterocycles. The van der Waals surface area contributed by atoms with Gasteiger partial charge in [-0.2, -0.15) is 111 Å². The van der Waals surface area contributed by atoms with Crippen molar-refractivity contribution in [1.29, 1.82) is 31.6 Å². The van der Waals surface area contributed by atoms with Crippen LogP contribution in [0.3, 0.4) is 0 Å². The topological polar surface area (TPSA) is 488 Å². The van der Waals surface area contributed by atoms with Gasteiger partial charge in [-0.3, -0.25) is 32.7 Å². The predicted octanol–water partition coefficient (Wildman–Crippen LogP) is 21.3. The van der Waals surface area contributed by atoms with Gasteiger partial charge in [-0.25, -0.2) is 9.24 Å². The zero-order valence-electron chi connectivity index (χ0n) is 81.0. The molecule has 4 atom stereocenters. The zero-order chi connectivity index (χ0) is 110. The second-order valence-corrected chi connectivity index (χ2v) is 34.8. The number of aliphatic hydroxyl groups is 6. The minimum atomic E-state index is -5.20. The Morgan fingerprint density at radius 3 is 1.10 bits per heavy atom. The first kappa shape index (κ1) is 139. The van der Waals surface area contributed by atoms with Gasteiger partial charge in [-0.05, 0) is 195 Å². The van der Waals surface area contributed by atoms with Crippen LogP contribution in [0.5, 0.6) is 11.5 Å². The minimum Gasteiger partial charge on any atom is -0.497 e. The van der Waals surface area contributed by atoms with Gasteiger partial charge in [0.2, 0.25) is 0 Å². The summed E-state index contributed by atoms with van der Waals surface area (Å²) < 4.78 is 320. The number of halogens is 18. The minimum absolute atomic E-state index is 0.00930. The average Bonchev–Trinajstić information content (AvgIpc) is 0.750. The molecular weight excluding hydrogens is 1990 g/mol. The summed E-state index contributed by atoms with van der Waals surface area (Å²) >= 11 is 0. The maximum atomic E-state index is 13.5. The smallest absolute Gasteiger partial charge is 0.475 e. The number of esters is 2. The fraction of sp³-hybridized carbons (Fsp3) is 0.692. The van der Waals surface area contributed by atoms with E-state index >= 15 is 0 Å². The van der Waals surface area contributed by atoms with Crippen molar-refractivity contribution in [2.75, 3.05) is 107 Å². The molecule has 0 saturated heterocycles. The van der Waals surface area contributed by atoms with E-state index in [0.29, 0.717) is 66.9 Å². The first-order valence-corrected chi connectivity index (χ1v) is 47.7. The number of nitrogens with zero attached hydrogens (tertiary/aromatic N) is 7. The van der Waals surface area contributed by atoms with Crippen molar-refractivity contribution in [1.82, 2.24) is 15.3 Å². The van der Waals surface area contributed by atoms with Gasteiger partial charge < -0.3 is 83.5 Å². The highest BCUT2D eigenvalue weighted by molar-refractivity contribution is 7.48. The second-order valence-electron chi connectivity index (χ2n) is 31.7. The highest BCUT2D eigenvalue weighted by atomic mass is 31.2. The van der Waals surface area contributed by atoms with Crippen LogP contribution in [-0.2, 0) is 75.6 Å². The summed E-state index contributed by atoms with van der Waals surface area (Å²) in [5, 5.41) is 94.9. The Balaban J connectivity index is -0.00000112. The molecule has 0 bridgehead atoms. The number of rotatable bonds is 66. The van der Waals surface area contributed by atoms with Gasteiger partial charge in [0, 0.05) is 70.3 Å². The molecule has 0 heterocycles. The number of phosphoric acid groups is 1. The maximum Gasteiger partial charge on any atom is 0.475 e. The number of methoxy groups -OCH3 is 2. The summed E-state index contributed by atoms with van der Waals surface area (Å²) in [4.78, 5) is 44.6. The number of amides is 2. The largest absolute Gasteiger partial charge is 0.497 e. The summed E-state index contributed by atoms with van der Waals surface area (Å²) in [6, 6.07) is 27.2. The third kappa shape index (κ3) is 70.6. The van der Waals surface area contributed by atoms with Crippen molar-refractivity contribution in [3.63, 3.8) is 0 Å². The molecule has 3 aromatic rings. The first-order valence-electron chi connectivity index (χ1n) is 45.1. The molecular formula is C91H133F18N9O23P2. The Bertz CT molecular complexity index is 4010. The molecule has 0 aliphatic rings. The van der Waals surface area contributed by atoms with Gasteiger partial charge in [0.15, 0.2) is 0 Å². The maximum absolute atomic E-state index is 13.5. The molecule has 143 heavy (non-hydrogen) atoms. The fourth-order valence-corrected chi connectivity index (χ4v) is 16.5. The molecule has 0 aliphatic heterocycles. The lowest BCUT2D eigenvalue weighted by atomic mass is 9.75. The summed E-state index contributed by atoms with van der Waals surface area (Å²) in [6.07, 6.45) is -31.2. The highest BCUT2D eigenvalue weighted by Crippen LogP contribution is 2.52. The summed E-state index contributed by atoms with van der Waals surface area (Å²) in [5.74, 6) is -3.82. The van der Waals surface area contributed by atoms with Gasteiger partial charge in [0.05, 0.1) is 112 Å². The van der Waals surface area contributed by atoms with E-state index in [-0.39, 0.29) is 141 Å². The van der Waals surface area contributed by atoms with E-state index in [4.69, 9.17) is 108 Å². The number of benzene rings is 3. The van der Waals surface area contributed by atoms with Crippen molar-refractivity contribution < 1.29 is 189 Å². The number of hydrogen-bond acceptors (Lipinski definition) is 30. The van der Waals surface area contributed by atoms with E-state index in [1.807, 2.05) is 87.0 Å². The molecule has 8 N–H and O–H groups in total. The Hall–Kier alpha value is -9.76. The van der Waals surface area contributed by atoms with Crippen LogP contribution in [0.4, 0.5) is 79.0 Å². The van der Waals surface area contributed by atoms with Crippen molar-refractivity contribution in [2.45, 2.75) is 288 Å². The van der Waals surface area contributed by atoms with Crippen LogP contribution in [0, 0.1) is 79.6 Å². The number of nitriles is 6. The number of hydrogen-bond donors (Lipinski definition) is 8. The van der Waals surface area contributed by atoms with E-state index in [9.17, 15) is 113 Å². The SMILES string of the molecule is CCC(=O)OCCCCCCO.CCC(=O)OCCCCCCOP(=O)(OCCC#N)OC(CO)COCC(CCCNC(=O)C(F)(F)F)(CCCC(F)(F)F)CCCC(F)(F)F.COc1ccc(C(OCC(COCC(CCCNC(=O)C(F)(F)F)(CCCC(F)(F)F)CCCC(F)(F)F)OP(OCCC#N)N(C(C)C)C(C)C)(c2ccccc2)c2ccc(OC)cc2)cc1.N#CO.N#CO.N#CO.N#CO. The number of nitrogens with one attached hydrogen (secondary N) is 2. The fourth-order valence-electron chi connectivity index (χ4n) is 13.5. The molecule has 0 saturated carbocycles. The zero-order valence-corrected chi connectivity index (χ0v) is 82.8. The van der Waals surface area contributed by atoms with E-state index in [0.717, 1.165) is 50.7 Å². The van der Waals surface area contributed by atoms with Crippen molar-refractivity contribution in [3.05, 3.63) is 95.6 Å². The monoisotopic (exact) mass is 2120 g/mol. The van der Waals surface area contributed by atoms with Crippen molar-refractivity contribution in [2.24, 2.45) is 10.8 Å². The van der Waals surface area contributed by atoms with Crippen LogP contribution in [-0.4, -0.2) is 227 Å². The van der Waals surface area contributed by atoms with Crippen LogP contribution in [0.2, 0.25) is 0 Å². The third-order valence-electron chi connectivity index (χ3n) is 19.9.